The summed E-state index contributed by atoms with van der Waals surface area (Å²) in [4.78, 5) is 4.42. The van der Waals surface area contributed by atoms with E-state index < -0.39 is 0 Å². The molecule has 1 N–H and O–H groups in total. The van der Waals surface area contributed by atoms with Crippen molar-refractivity contribution in [3.63, 3.8) is 0 Å². The van der Waals surface area contributed by atoms with Crippen LogP contribution in [0.25, 0.3) is 0 Å². The van der Waals surface area contributed by atoms with E-state index in [1.807, 2.05) is 36.4 Å². The second kappa shape index (κ2) is 7.91. The first-order valence-electron chi connectivity index (χ1n) is 7.55. The fraction of sp³-hybridized carbons (Fsp3) is 0.235. The normalized spacial score (nSPS) is 14.6. The zero-order chi connectivity index (χ0) is 17.1. The molecule has 0 spiro atoms. The highest BCUT2D eigenvalue weighted by Gasteiger charge is 2.21. The van der Waals surface area contributed by atoms with Gasteiger partial charge < -0.3 is 15.1 Å². The number of benzene rings is 2. The van der Waals surface area contributed by atoms with Crippen LogP contribution in [0.2, 0.25) is 10.0 Å². The lowest BCUT2D eigenvalue weighted by molar-refractivity contribution is 0.391. The summed E-state index contributed by atoms with van der Waals surface area (Å²) in [6.07, 6.45) is 0. The molecular weight excluding hydrogens is 429 g/mol. The molecule has 0 amide bonds. The van der Waals surface area contributed by atoms with Gasteiger partial charge in [-0.25, -0.2) is 0 Å². The molecule has 0 unspecified atom stereocenters. The maximum atomic E-state index is 6.32. The molecule has 3 nitrogen and oxygen atoms in total. The third-order valence-corrected chi connectivity index (χ3v) is 5.63. The van der Waals surface area contributed by atoms with E-state index in [4.69, 9.17) is 35.4 Å². The molecule has 126 valence electrons. The number of rotatable bonds is 2. The minimum absolute atomic E-state index is 0.587. The summed E-state index contributed by atoms with van der Waals surface area (Å²) in [6, 6.07) is 13.7. The number of anilines is 2. The Morgan fingerprint density at radius 2 is 1.67 bits per heavy atom. The number of thiocarbonyl (C=S) groups is 1. The Morgan fingerprint density at radius 1 is 1.00 bits per heavy atom. The van der Waals surface area contributed by atoms with E-state index in [0.717, 1.165) is 47.1 Å². The van der Waals surface area contributed by atoms with Crippen LogP contribution in [0.5, 0.6) is 0 Å². The number of hydrogen-bond donors (Lipinski definition) is 1. The quantitative estimate of drug-likeness (QED) is 0.635. The van der Waals surface area contributed by atoms with Crippen molar-refractivity contribution in [2.45, 2.75) is 0 Å². The van der Waals surface area contributed by atoms with Crippen LogP contribution >= 0.6 is 51.3 Å². The van der Waals surface area contributed by atoms with Crippen molar-refractivity contribution in [2.24, 2.45) is 0 Å². The fourth-order valence-electron chi connectivity index (χ4n) is 2.62. The average Bonchev–Trinajstić information content (AvgIpc) is 2.59. The van der Waals surface area contributed by atoms with Gasteiger partial charge in [0.2, 0.25) is 0 Å². The van der Waals surface area contributed by atoms with Crippen molar-refractivity contribution in [1.29, 1.82) is 0 Å². The summed E-state index contributed by atoms with van der Waals surface area (Å²) in [5.41, 5.74) is 1.97. The summed E-state index contributed by atoms with van der Waals surface area (Å²) in [5.74, 6) is 0. The van der Waals surface area contributed by atoms with Crippen molar-refractivity contribution in [2.75, 3.05) is 36.4 Å². The third kappa shape index (κ3) is 4.14. The van der Waals surface area contributed by atoms with Crippen LogP contribution in [0.3, 0.4) is 0 Å². The van der Waals surface area contributed by atoms with Crippen molar-refractivity contribution in [3.8, 4) is 0 Å². The largest absolute Gasteiger partial charge is 0.367 e. The SMILES string of the molecule is S=C(Nc1ccc(Br)cc1)N1CCN(c2cccc(Cl)c2Cl)CC1. The molecule has 2 aromatic carbocycles. The van der Waals surface area contributed by atoms with Gasteiger partial charge in [0.05, 0.1) is 15.7 Å². The standard InChI is InChI=1S/C17H16BrCl2N3S/c18-12-4-6-13(7-5-12)21-17(24)23-10-8-22(9-11-23)15-3-1-2-14(19)16(15)20/h1-7H,8-11H2,(H,21,24). The molecule has 7 heteroatoms. The number of piperazine rings is 1. The molecule has 0 aliphatic carbocycles. The first kappa shape index (κ1) is 17.8. The fourth-order valence-corrected chi connectivity index (χ4v) is 3.60. The van der Waals surface area contributed by atoms with Gasteiger partial charge in [-0.1, -0.05) is 45.2 Å². The van der Waals surface area contributed by atoms with E-state index in [1.165, 1.54) is 0 Å². The van der Waals surface area contributed by atoms with Gasteiger partial charge in [0, 0.05) is 36.3 Å². The molecule has 1 saturated heterocycles. The highest BCUT2D eigenvalue weighted by Crippen LogP contribution is 2.32. The van der Waals surface area contributed by atoms with Gasteiger partial charge in [-0.3, -0.25) is 0 Å². The molecule has 0 saturated carbocycles. The Labute approximate surface area is 165 Å². The van der Waals surface area contributed by atoms with Crippen LogP contribution in [-0.4, -0.2) is 36.2 Å². The van der Waals surface area contributed by atoms with Gasteiger partial charge in [0.15, 0.2) is 5.11 Å². The Balaban J connectivity index is 1.59. The molecule has 2 aromatic rings. The first-order chi connectivity index (χ1) is 11.5. The van der Waals surface area contributed by atoms with Crippen molar-refractivity contribution in [1.82, 2.24) is 4.90 Å². The van der Waals surface area contributed by atoms with Crippen LogP contribution in [0.4, 0.5) is 11.4 Å². The lowest BCUT2D eigenvalue weighted by Gasteiger charge is -2.37. The summed E-state index contributed by atoms with van der Waals surface area (Å²) in [7, 11) is 0. The number of nitrogens with one attached hydrogen (secondary N) is 1. The topological polar surface area (TPSA) is 18.5 Å². The molecule has 1 aliphatic rings. The molecule has 0 atom stereocenters. The Kier molecular flexibility index (Phi) is 5.87. The summed E-state index contributed by atoms with van der Waals surface area (Å²) in [5, 5.41) is 5.23. The van der Waals surface area contributed by atoms with Crippen molar-refractivity contribution in [3.05, 3.63) is 57.0 Å². The lowest BCUT2D eigenvalue weighted by Crippen LogP contribution is -2.50. The van der Waals surface area contributed by atoms with Crippen molar-refractivity contribution >= 4 is 67.8 Å². The van der Waals surface area contributed by atoms with E-state index in [2.05, 4.69) is 31.0 Å². The van der Waals surface area contributed by atoms with Crippen LogP contribution < -0.4 is 10.2 Å². The number of hydrogen-bond acceptors (Lipinski definition) is 2. The minimum atomic E-state index is 0.587. The van der Waals surface area contributed by atoms with Crippen LogP contribution in [0.15, 0.2) is 46.9 Å². The number of nitrogens with zero attached hydrogens (tertiary/aromatic N) is 2. The average molecular weight is 445 g/mol. The molecule has 1 fully saturated rings. The van der Waals surface area contributed by atoms with Gasteiger partial charge in [-0.15, -0.1) is 0 Å². The molecule has 0 aromatic heterocycles. The van der Waals surface area contributed by atoms with Gasteiger partial charge in [0.25, 0.3) is 0 Å². The van der Waals surface area contributed by atoms with Crippen molar-refractivity contribution < 1.29 is 0 Å². The maximum Gasteiger partial charge on any atom is 0.173 e. The molecule has 0 bridgehead atoms. The first-order valence-corrected chi connectivity index (χ1v) is 9.51. The molecule has 1 heterocycles. The Morgan fingerprint density at radius 3 is 2.33 bits per heavy atom. The van der Waals surface area contributed by atoms with Crippen LogP contribution in [0.1, 0.15) is 0 Å². The third-order valence-electron chi connectivity index (χ3n) is 3.93. The molecule has 3 rings (SSSR count). The summed E-state index contributed by atoms with van der Waals surface area (Å²) < 4.78 is 1.05. The van der Waals surface area contributed by atoms with Crippen LogP contribution in [0, 0.1) is 0 Å². The highest BCUT2D eigenvalue weighted by molar-refractivity contribution is 9.10. The van der Waals surface area contributed by atoms with Gasteiger partial charge in [-0.05, 0) is 48.6 Å². The van der Waals surface area contributed by atoms with E-state index in [9.17, 15) is 0 Å². The predicted molar refractivity (Wildman–Crippen MR) is 111 cm³/mol. The van der Waals surface area contributed by atoms with E-state index in [-0.39, 0.29) is 0 Å². The second-order valence-corrected chi connectivity index (χ2v) is 7.57. The summed E-state index contributed by atoms with van der Waals surface area (Å²) >= 11 is 21.4. The van der Waals surface area contributed by atoms with Gasteiger partial charge in [-0.2, -0.15) is 0 Å². The monoisotopic (exact) mass is 443 g/mol. The second-order valence-electron chi connectivity index (χ2n) is 5.48. The Bertz CT molecular complexity index is 731. The van der Waals surface area contributed by atoms with E-state index in [0.29, 0.717) is 10.0 Å². The summed E-state index contributed by atoms with van der Waals surface area (Å²) in [6.45, 7) is 3.38. The highest BCUT2D eigenvalue weighted by atomic mass is 79.9. The van der Waals surface area contributed by atoms with E-state index >= 15 is 0 Å². The Hall–Kier alpha value is -1.01. The molecule has 24 heavy (non-hydrogen) atoms. The van der Waals surface area contributed by atoms with Gasteiger partial charge in [0.1, 0.15) is 0 Å². The molecular formula is C17H16BrCl2N3S. The lowest BCUT2D eigenvalue weighted by atomic mass is 10.2. The van der Waals surface area contributed by atoms with E-state index in [1.54, 1.807) is 6.07 Å². The molecule has 0 radical (unpaired) electrons. The number of halogens is 3. The maximum absolute atomic E-state index is 6.32. The van der Waals surface area contributed by atoms with Crippen LogP contribution in [-0.2, 0) is 0 Å². The zero-order valence-electron chi connectivity index (χ0n) is 12.8. The molecule has 1 aliphatic heterocycles. The predicted octanol–water partition coefficient (Wildman–Crippen LogP) is 5.27. The smallest absolute Gasteiger partial charge is 0.173 e. The van der Waals surface area contributed by atoms with Gasteiger partial charge >= 0.3 is 0 Å². The minimum Gasteiger partial charge on any atom is -0.367 e. The zero-order valence-corrected chi connectivity index (χ0v) is 16.7.